The van der Waals surface area contributed by atoms with Gasteiger partial charge in [0.25, 0.3) is 5.91 Å². The normalized spacial score (nSPS) is 15.7. The molecule has 5 nitrogen and oxygen atoms in total. The second kappa shape index (κ2) is 10.2. The molecule has 0 saturated carbocycles. The Balaban J connectivity index is 1.46. The average molecular weight is 420 g/mol. The van der Waals surface area contributed by atoms with Gasteiger partial charge in [0.1, 0.15) is 10.6 Å². The fraction of sp³-hybridized carbons (Fsp3) is 0.292. The summed E-state index contributed by atoms with van der Waals surface area (Å²) in [5.41, 5.74) is 3.57. The number of rotatable bonds is 8. The Kier molecular flexibility index (Phi) is 6.87. The van der Waals surface area contributed by atoms with Gasteiger partial charge in [-0.25, -0.2) is 0 Å². The number of nitrogens with zero attached hydrogens (tertiary/aromatic N) is 3. The summed E-state index contributed by atoms with van der Waals surface area (Å²) >= 11 is 1.35. The highest BCUT2D eigenvalue weighted by molar-refractivity contribution is 7.11. The molecule has 0 fully saturated rings. The van der Waals surface area contributed by atoms with Crippen molar-refractivity contribution in [1.29, 1.82) is 0 Å². The third-order valence-electron chi connectivity index (χ3n) is 5.14. The number of carbonyl (C=O) groups excluding carboxylic acids is 1. The zero-order valence-electron chi connectivity index (χ0n) is 16.8. The quantitative estimate of drug-likeness (QED) is 0.476. The van der Waals surface area contributed by atoms with Crippen LogP contribution in [0.1, 0.15) is 40.2 Å². The van der Waals surface area contributed by atoms with E-state index < -0.39 is 0 Å². The van der Waals surface area contributed by atoms with Crippen LogP contribution >= 0.6 is 11.3 Å². The summed E-state index contributed by atoms with van der Waals surface area (Å²) < 4.78 is 6.06. The van der Waals surface area contributed by atoms with Crippen molar-refractivity contribution in [3.63, 3.8) is 0 Å². The molecule has 1 aliphatic rings. The maximum absolute atomic E-state index is 13.1. The van der Waals surface area contributed by atoms with Crippen molar-refractivity contribution in [3.05, 3.63) is 88.7 Å². The number of pyridine rings is 1. The van der Waals surface area contributed by atoms with Gasteiger partial charge in [0.05, 0.1) is 30.6 Å². The van der Waals surface area contributed by atoms with Crippen molar-refractivity contribution in [2.75, 3.05) is 6.61 Å². The first-order chi connectivity index (χ1) is 14.8. The van der Waals surface area contributed by atoms with Gasteiger partial charge in [-0.2, -0.15) is 0 Å². The van der Waals surface area contributed by atoms with E-state index in [9.17, 15) is 4.79 Å². The van der Waals surface area contributed by atoms with E-state index >= 15 is 0 Å². The smallest absolute Gasteiger partial charge is 0.266 e. The molecule has 0 N–H and O–H groups in total. The number of allylic oxidation sites excluding steroid dienone is 2. The standard InChI is InChI=1S/C24H25N3O2S/c28-24(23-14-25-18-30-23)27(16-21-10-4-5-12-26-21)15-20-9-6-11-22(13-20)29-17-19-7-2-1-3-8-19/h1-2,4-6,9-14,18-19H,3,7-8,15-17H2/t19-/m0/s1. The zero-order valence-corrected chi connectivity index (χ0v) is 17.6. The van der Waals surface area contributed by atoms with E-state index in [1.54, 1.807) is 22.8 Å². The van der Waals surface area contributed by atoms with E-state index in [2.05, 4.69) is 22.1 Å². The fourth-order valence-electron chi connectivity index (χ4n) is 3.54. The highest BCUT2D eigenvalue weighted by Crippen LogP contribution is 2.22. The number of amides is 1. The minimum atomic E-state index is -0.0385. The summed E-state index contributed by atoms with van der Waals surface area (Å²) in [7, 11) is 0. The number of hydrogen-bond acceptors (Lipinski definition) is 5. The Morgan fingerprint density at radius 3 is 2.90 bits per heavy atom. The molecule has 0 bridgehead atoms. The highest BCUT2D eigenvalue weighted by atomic mass is 32.1. The van der Waals surface area contributed by atoms with Crippen LogP contribution in [0.2, 0.25) is 0 Å². The molecule has 4 rings (SSSR count). The maximum Gasteiger partial charge on any atom is 0.266 e. The molecule has 1 aromatic carbocycles. The summed E-state index contributed by atoms with van der Waals surface area (Å²) in [4.78, 5) is 23.9. The molecule has 0 aliphatic heterocycles. The van der Waals surface area contributed by atoms with E-state index in [1.807, 2.05) is 42.5 Å². The van der Waals surface area contributed by atoms with E-state index in [0.717, 1.165) is 36.5 Å². The van der Waals surface area contributed by atoms with Crippen LogP contribution in [0.5, 0.6) is 5.75 Å². The molecule has 0 spiro atoms. The van der Waals surface area contributed by atoms with Crippen LogP contribution in [0.4, 0.5) is 0 Å². The number of hydrogen-bond donors (Lipinski definition) is 0. The largest absolute Gasteiger partial charge is 0.493 e. The molecular weight excluding hydrogens is 394 g/mol. The molecule has 1 atom stereocenters. The molecule has 1 aliphatic carbocycles. The Morgan fingerprint density at radius 2 is 2.13 bits per heavy atom. The van der Waals surface area contributed by atoms with Gasteiger partial charge in [-0.15, -0.1) is 11.3 Å². The van der Waals surface area contributed by atoms with Crippen LogP contribution in [-0.4, -0.2) is 27.4 Å². The van der Waals surface area contributed by atoms with Crippen LogP contribution in [0.25, 0.3) is 0 Å². The van der Waals surface area contributed by atoms with E-state index in [0.29, 0.717) is 23.9 Å². The number of benzene rings is 1. The van der Waals surface area contributed by atoms with Crippen molar-refractivity contribution in [2.45, 2.75) is 32.4 Å². The van der Waals surface area contributed by atoms with Gasteiger partial charge in [0.2, 0.25) is 0 Å². The van der Waals surface area contributed by atoms with Gasteiger partial charge in [-0.3, -0.25) is 14.8 Å². The third kappa shape index (κ3) is 5.54. The van der Waals surface area contributed by atoms with Crippen molar-refractivity contribution < 1.29 is 9.53 Å². The third-order valence-corrected chi connectivity index (χ3v) is 5.91. The lowest BCUT2D eigenvalue weighted by Crippen LogP contribution is -2.30. The van der Waals surface area contributed by atoms with Crippen molar-refractivity contribution in [1.82, 2.24) is 14.9 Å². The summed E-state index contributed by atoms with van der Waals surface area (Å²) in [6.45, 7) is 1.65. The molecule has 2 aromatic heterocycles. The van der Waals surface area contributed by atoms with Crippen LogP contribution in [0.3, 0.4) is 0 Å². The Labute approximate surface area is 181 Å². The SMILES string of the molecule is O=C(c1cncs1)N(Cc1cccc(OC[C@H]2CC=CCC2)c1)Cc1ccccn1. The second-order valence-corrected chi connectivity index (χ2v) is 8.34. The summed E-state index contributed by atoms with van der Waals surface area (Å²) in [6, 6.07) is 13.8. The first-order valence-electron chi connectivity index (χ1n) is 10.2. The summed E-state index contributed by atoms with van der Waals surface area (Å²) in [5.74, 6) is 1.39. The van der Waals surface area contributed by atoms with Crippen molar-refractivity contribution in [2.24, 2.45) is 5.92 Å². The summed E-state index contributed by atoms with van der Waals surface area (Å²) in [6.07, 6.45) is 11.3. The number of aromatic nitrogens is 2. The minimum Gasteiger partial charge on any atom is -0.493 e. The second-order valence-electron chi connectivity index (χ2n) is 7.46. The predicted molar refractivity (Wildman–Crippen MR) is 118 cm³/mol. The zero-order chi connectivity index (χ0) is 20.6. The van der Waals surface area contributed by atoms with Crippen LogP contribution in [0, 0.1) is 5.92 Å². The number of ether oxygens (including phenoxy) is 1. The minimum absolute atomic E-state index is 0.0385. The molecule has 3 aromatic rings. The lowest BCUT2D eigenvalue weighted by molar-refractivity contribution is 0.0732. The number of carbonyl (C=O) groups is 1. The molecule has 2 heterocycles. The molecule has 30 heavy (non-hydrogen) atoms. The van der Waals surface area contributed by atoms with E-state index in [4.69, 9.17) is 4.74 Å². The highest BCUT2D eigenvalue weighted by Gasteiger charge is 2.19. The molecule has 0 radical (unpaired) electrons. The summed E-state index contributed by atoms with van der Waals surface area (Å²) in [5, 5.41) is 0. The van der Waals surface area contributed by atoms with E-state index in [-0.39, 0.29) is 5.91 Å². The van der Waals surface area contributed by atoms with E-state index in [1.165, 1.54) is 17.8 Å². The van der Waals surface area contributed by atoms with Gasteiger partial charge in [-0.05, 0) is 55.0 Å². The van der Waals surface area contributed by atoms with Crippen LogP contribution in [0.15, 0.2) is 72.5 Å². The lowest BCUT2D eigenvalue weighted by Gasteiger charge is -2.22. The first-order valence-corrected chi connectivity index (χ1v) is 11.1. The van der Waals surface area contributed by atoms with Crippen molar-refractivity contribution >= 4 is 17.2 Å². The van der Waals surface area contributed by atoms with Gasteiger partial charge in [-0.1, -0.05) is 30.4 Å². The molecule has 1 amide bonds. The fourth-order valence-corrected chi connectivity index (χ4v) is 4.13. The maximum atomic E-state index is 13.1. The Bertz CT molecular complexity index is 973. The van der Waals surface area contributed by atoms with Crippen LogP contribution < -0.4 is 4.74 Å². The lowest BCUT2D eigenvalue weighted by atomic mass is 9.95. The topological polar surface area (TPSA) is 55.3 Å². The van der Waals surface area contributed by atoms with Crippen molar-refractivity contribution in [3.8, 4) is 5.75 Å². The average Bonchev–Trinajstić information content (AvgIpc) is 3.33. The number of thiazole rings is 1. The van der Waals surface area contributed by atoms with Gasteiger partial charge in [0.15, 0.2) is 0 Å². The van der Waals surface area contributed by atoms with Crippen LogP contribution in [-0.2, 0) is 13.1 Å². The monoisotopic (exact) mass is 419 g/mol. The van der Waals surface area contributed by atoms with Gasteiger partial charge >= 0.3 is 0 Å². The molecule has 154 valence electrons. The molecular formula is C24H25N3O2S. The van der Waals surface area contributed by atoms with Gasteiger partial charge < -0.3 is 9.64 Å². The first kappa shape index (κ1) is 20.3. The Hall–Kier alpha value is -2.99. The van der Waals surface area contributed by atoms with Gasteiger partial charge in [0, 0.05) is 12.7 Å². The predicted octanol–water partition coefficient (Wildman–Crippen LogP) is 5.12. The Morgan fingerprint density at radius 1 is 1.17 bits per heavy atom. The molecule has 0 unspecified atom stereocenters. The molecule has 6 heteroatoms. The molecule has 0 saturated heterocycles.